The smallest absolute Gasteiger partial charge is 0.167 e. The highest BCUT2D eigenvalue weighted by Crippen LogP contribution is 2.37. The van der Waals surface area contributed by atoms with E-state index in [1.165, 1.54) is 4.90 Å². The van der Waals surface area contributed by atoms with Crippen molar-refractivity contribution >= 4 is 11.9 Å². The molecule has 0 saturated carbocycles. The monoisotopic (exact) mass is 304 g/mol. The minimum absolute atomic E-state index is 0.0197. The molecule has 2 saturated heterocycles. The van der Waals surface area contributed by atoms with Gasteiger partial charge in [-0.25, -0.2) is 0 Å². The quantitative estimate of drug-likeness (QED) is 0.784. The van der Waals surface area contributed by atoms with E-state index < -0.39 is 30.4 Å². The summed E-state index contributed by atoms with van der Waals surface area (Å²) in [6.45, 7) is 2.32. The van der Waals surface area contributed by atoms with Gasteiger partial charge in [0.15, 0.2) is 5.78 Å². The molecular weight excluding hydrogens is 286 g/mol. The fourth-order valence-electron chi connectivity index (χ4n) is 3.27. The Morgan fingerprint density at radius 1 is 1.41 bits per heavy atom. The normalized spacial score (nSPS) is 29.8. The molecule has 4 unspecified atom stereocenters. The van der Waals surface area contributed by atoms with E-state index in [0.29, 0.717) is 6.61 Å². The lowest BCUT2D eigenvalue weighted by Crippen LogP contribution is -2.58. The van der Waals surface area contributed by atoms with Crippen molar-refractivity contribution in [1.29, 1.82) is 0 Å². The van der Waals surface area contributed by atoms with E-state index in [9.17, 15) is 14.7 Å². The van der Waals surface area contributed by atoms with Gasteiger partial charge in [-0.1, -0.05) is 30.3 Å². The molecule has 2 heterocycles. The Morgan fingerprint density at radius 3 is 2.77 bits per heavy atom. The molecule has 22 heavy (non-hydrogen) atoms. The number of hydrogen-bond donors (Lipinski definition) is 0. The van der Waals surface area contributed by atoms with E-state index in [2.05, 4.69) is 0 Å². The molecule has 4 atom stereocenters. The van der Waals surface area contributed by atoms with Crippen LogP contribution in [0, 0.1) is 0 Å². The van der Waals surface area contributed by atoms with E-state index in [1.54, 1.807) is 6.92 Å². The maximum Gasteiger partial charge on any atom is 0.167 e. The molecule has 2 fully saturated rings. The number of carboxylic acid groups (broad SMARTS) is 1. The summed E-state index contributed by atoms with van der Waals surface area (Å²) < 4.78 is 11.5. The van der Waals surface area contributed by atoms with Gasteiger partial charge < -0.3 is 24.3 Å². The molecule has 0 aromatic heterocycles. The van der Waals surface area contributed by atoms with E-state index in [1.807, 2.05) is 30.3 Å². The number of rotatable bonds is 5. The third kappa shape index (κ3) is 2.60. The number of fused-ring (bicyclic) bond motifs is 2. The minimum Gasteiger partial charge on any atom is -0.530 e. The van der Waals surface area contributed by atoms with E-state index in [-0.39, 0.29) is 18.7 Å². The Hall–Kier alpha value is -1.92. The Balaban J connectivity index is 1.76. The number of Topliss-reactive ketones (excluding diaryl/α,β-unsaturated/α-hetero) is 1. The molecule has 0 aliphatic carbocycles. The SMILES string of the molecule is CCN(C(=O)[O-])C1C2CC(=O)C(O2)C1OCc1ccccc1. The van der Waals surface area contributed by atoms with Gasteiger partial charge in [0.05, 0.1) is 18.8 Å². The summed E-state index contributed by atoms with van der Waals surface area (Å²) in [5.74, 6) is -0.0197. The maximum absolute atomic E-state index is 11.9. The molecule has 2 bridgehead atoms. The number of nitrogens with zero attached hydrogens (tertiary/aromatic N) is 1. The lowest BCUT2D eigenvalue weighted by atomic mass is 9.90. The second kappa shape index (κ2) is 6.06. The van der Waals surface area contributed by atoms with Gasteiger partial charge in [0, 0.05) is 13.0 Å². The van der Waals surface area contributed by atoms with Crippen LogP contribution in [-0.4, -0.2) is 47.7 Å². The highest BCUT2D eigenvalue weighted by Gasteiger charge is 2.56. The Morgan fingerprint density at radius 2 is 2.14 bits per heavy atom. The van der Waals surface area contributed by atoms with Gasteiger partial charge in [-0.2, -0.15) is 0 Å². The Labute approximate surface area is 128 Å². The van der Waals surface area contributed by atoms with Gasteiger partial charge in [-0.15, -0.1) is 0 Å². The minimum atomic E-state index is -1.26. The fraction of sp³-hybridized carbons (Fsp3) is 0.500. The molecule has 0 radical (unpaired) electrons. The topological polar surface area (TPSA) is 78.9 Å². The molecular formula is C16H18NO5-. The lowest BCUT2D eigenvalue weighted by Gasteiger charge is -2.37. The summed E-state index contributed by atoms with van der Waals surface area (Å²) in [5.41, 5.74) is 0.966. The summed E-state index contributed by atoms with van der Waals surface area (Å²) in [6.07, 6.45) is -2.71. The van der Waals surface area contributed by atoms with E-state index in [0.717, 1.165) is 5.56 Å². The number of amides is 1. The molecule has 0 N–H and O–H groups in total. The van der Waals surface area contributed by atoms with Gasteiger partial charge in [0.2, 0.25) is 0 Å². The summed E-state index contributed by atoms with van der Waals surface area (Å²) in [6, 6.07) is 9.06. The zero-order valence-corrected chi connectivity index (χ0v) is 12.3. The van der Waals surface area contributed by atoms with Crippen molar-refractivity contribution in [3.05, 3.63) is 35.9 Å². The van der Waals surface area contributed by atoms with E-state index in [4.69, 9.17) is 9.47 Å². The van der Waals surface area contributed by atoms with Crippen molar-refractivity contribution in [3.63, 3.8) is 0 Å². The van der Waals surface area contributed by atoms with Gasteiger partial charge in [0.1, 0.15) is 18.3 Å². The van der Waals surface area contributed by atoms with Crippen LogP contribution in [0.3, 0.4) is 0 Å². The lowest BCUT2D eigenvalue weighted by molar-refractivity contribution is -0.270. The van der Waals surface area contributed by atoms with Crippen LogP contribution >= 0.6 is 0 Å². The largest absolute Gasteiger partial charge is 0.530 e. The second-order valence-corrected chi connectivity index (χ2v) is 5.57. The van der Waals surface area contributed by atoms with Crippen LogP contribution in [0.25, 0.3) is 0 Å². The average molecular weight is 304 g/mol. The number of ketones is 1. The molecule has 118 valence electrons. The number of benzene rings is 1. The molecule has 0 spiro atoms. The third-order valence-electron chi connectivity index (χ3n) is 4.28. The first-order valence-electron chi connectivity index (χ1n) is 7.43. The standard InChI is InChI=1S/C16H19NO5/c1-2-17(16(19)20)13-12-8-11(18)14(22-12)15(13)21-9-10-6-4-3-5-7-10/h3-7,12-15H,2,8-9H2,1H3,(H,19,20)/p-1. The molecule has 6 nitrogen and oxygen atoms in total. The fourth-order valence-corrected chi connectivity index (χ4v) is 3.27. The van der Waals surface area contributed by atoms with Gasteiger partial charge >= 0.3 is 0 Å². The third-order valence-corrected chi connectivity index (χ3v) is 4.28. The van der Waals surface area contributed by atoms with E-state index >= 15 is 0 Å². The number of carbonyl (C=O) groups excluding carboxylic acids is 2. The maximum atomic E-state index is 11.9. The van der Waals surface area contributed by atoms with Crippen molar-refractivity contribution in [2.45, 2.75) is 44.3 Å². The summed E-state index contributed by atoms with van der Waals surface area (Å²) >= 11 is 0. The highest BCUT2D eigenvalue weighted by atomic mass is 16.6. The summed E-state index contributed by atoms with van der Waals surface area (Å²) in [4.78, 5) is 24.4. The van der Waals surface area contributed by atoms with Crippen molar-refractivity contribution in [3.8, 4) is 0 Å². The zero-order valence-electron chi connectivity index (χ0n) is 12.3. The number of hydrogen-bond acceptors (Lipinski definition) is 5. The molecule has 1 amide bonds. The number of likely N-dealkylation sites (N-methyl/N-ethyl adjacent to an activating group) is 1. The Bertz CT molecular complexity index is 561. The first kappa shape index (κ1) is 15.0. The molecule has 1 aromatic carbocycles. The first-order valence-corrected chi connectivity index (χ1v) is 7.43. The molecule has 2 aliphatic heterocycles. The summed E-state index contributed by atoms with van der Waals surface area (Å²) in [7, 11) is 0. The number of carbonyl (C=O) groups is 2. The van der Waals surface area contributed by atoms with Crippen LogP contribution < -0.4 is 5.11 Å². The van der Waals surface area contributed by atoms with Crippen molar-refractivity contribution in [2.75, 3.05) is 6.54 Å². The van der Waals surface area contributed by atoms with Crippen LogP contribution in [0.15, 0.2) is 30.3 Å². The average Bonchev–Trinajstić information content (AvgIpc) is 3.04. The van der Waals surface area contributed by atoms with Crippen LogP contribution in [-0.2, 0) is 20.9 Å². The van der Waals surface area contributed by atoms with Gasteiger partial charge in [-0.3, -0.25) is 4.79 Å². The highest BCUT2D eigenvalue weighted by molar-refractivity contribution is 5.88. The Kier molecular flexibility index (Phi) is 4.13. The summed E-state index contributed by atoms with van der Waals surface area (Å²) in [5, 5.41) is 11.3. The van der Waals surface area contributed by atoms with Crippen molar-refractivity contribution in [2.24, 2.45) is 0 Å². The number of ether oxygens (including phenoxy) is 2. The van der Waals surface area contributed by atoms with Gasteiger partial charge in [-0.05, 0) is 12.5 Å². The van der Waals surface area contributed by atoms with Crippen LogP contribution in [0.2, 0.25) is 0 Å². The van der Waals surface area contributed by atoms with Crippen molar-refractivity contribution in [1.82, 2.24) is 4.90 Å². The zero-order chi connectivity index (χ0) is 15.7. The van der Waals surface area contributed by atoms with Gasteiger partial charge in [0.25, 0.3) is 0 Å². The predicted molar refractivity (Wildman–Crippen MR) is 74.9 cm³/mol. The van der Waals surface area contributed by atoms with Crippen LogP contribution in [0.5, 0.6) is 0 Å². The second-order valence-electron chi connectivity index (χ2n) is 5.57. The molecule has 1 aromatic rings. The first-order chi connectivity index (χ1) is 10.6. The van der Waals surface area contributed by atoms with Crippen molar-refractivity contribution < 1.29 is 24.2 Å². The molecule has 6 heteroatoms. The molecule has 3 rings (SSSR count). The van der Waals surface area contributed by atoms with Crippen LogP contribution in [0.1, 0.15) is 18.9 Å². The van der Waals surface area contributed by atoms with Crippen LogP contribution in [0.4, 0.5) is 4.79 Å². The molecule has 2 aliphatic rings. The predicted octanol–water partition coefficient (Wildman–Crippen LogP) is 0.346.